The van der Waals surface area contributed by atoms with Crippen LogP contribution in [0.2, 0.25) is 0 Å². The van der Waals surface area contributed by atoms with E-state index in [1.54, 1.807) is 18.2 Å². The van der Waals surface area contributed by atoms with Crippen molar-refractivity contribution < 1.29 is 22.7 Å². The number of sulfone groups is 1. The number of fused-ring (bicyclic) bond motifs is 1. The van der Waals surface area contributed by atoms with Crippen LogP contribution in [0, 0.1) is 0 Å². The Kier molecular flexibility index (Phi) is 7.87. The number of carbonyl (C=O) groups is 1. The van der Waals surface area contributed by atoms with Crippen LogP contribution in [0.15, 0.2) is 47.4 Å². The summed E-state index contributed by atoms with van der Waals surface area (Å²) in [5, 5.41) is 3.12. The Balaban J connectivity index is 1.70. The lowest BCUT2D eigenvalue weighted by Gasteiger charge is -2.12. The predicted molar refractivity (Wildman–Crippen MR) is 128 cm³/mol. The van der Waals surface area contributed by atoms with E-state index in [9.17, 15) is 13.2 Å². The van der Waals surface area contributed by atoms with Crippen LogP contribution < -0.4 is 14.8 Å². The molecule has 9 heteroatoms. The molecule has 0 fully saturated rings. The summed E-state index contributed by atoms with van der Waals surface area (Å²) in [5.41, 5.74) is 1.43. The average molecular weight is 475 g/mol. The second-order valence-electron chi connectivity index (χ2n) is 7.08. The quantitative estimate of drug-likeness (QED) is 0.331. The van der Waals surface area contributed by atoms with E-state index in [-0.39, 0.29) is 10.8 Å². The zero-order chi connectivity index (χ0) is 23.1. The van der Waals surface area contributed by atoms with Crippen molar-refractivity contribution in [3.05, 3.63) is 48.0 Å². The summed E-state index contributed by atoms with van der Waals surface area (Å²) in [4.78, 5) is 16.9. The first-order valence-electron chi connectivity index (χ1n) is 10.3. The van der Waals surface area contributed by atoms with Gasteiger partial charge in [-0.1, -0.05) is 30.7 Å². The van der Waals surface area contributed by atoms with Gasteiger partial charge in [0.25, 0.3) is 0 Å². The molecule has 0 unspecified atom stereocenters. The van der Waals surface area contributed by atoms with E-state index in [0.29, 0.717) is 40.1 Å². The van der Waals surface area contributed by atoms with Gasteiger partial charge in [0.15, 0.2) is 26.5 Å². The zero-order valence-electron chi connectivity index (χ0n) is 18.3. The highest BCUT2D eigenvalue weighted by molar-refractivity contribution is 7.90. The van der Waals surface area contributed by atoms with Crippen molar-refractivity contribution in [2.75, 3.05) is 24.8 Å². The van der Waals surface area contributed by atoms with Gasteiger partial charge in [-0.25, -0.2) is 13.4 Å². The summed E-state index contributed by atoms with van der Waals surface area (Å²) in [6, 6.07) is 10.2. The van der Waals surface area contributed by atoms with Crippen LogP contribution >= 0.6 is 11.3 Å². The maximum Gasteiger partial charge on any atom is 0.250 e. The molecule has 0 aliphatic heterocycles. The van der Waals surface area contributed by atoms with Crippen molar-refractivity contribution in [1.82, 2.24) is 4.98 Å². The molecule has 32 heavy (non-hydrogen) atoms. The van der Waals surface area contributed by atoms with Crippen LogP contribution in [-0.2, 0) is 14.6 Å². The molecule has 0 bridgehead atoms. The fraction of sp³-hybridized carbons (Fsp3) is 0.304. The molecule has 1 aromatic heterocycles. The van der Waals surface area contributed by atoms with Crippen LogP contribution in [0.4, 0.5) is 5.13 Å². The maximum absolute atomic E-state index is 12.4. The molecule has 0 aliphatic rings. The number of aromatic nitrogens is 1. The van der Waals surface area contributed by atoms with Crippen LogP contribution in [0.25, 0.3) is 16.3 Å². The zero-order valence-corrected chi connectivity index (χ0v) is 19.9. The molecule has 7 nitrogen and oxygen atoms in total. The smallest absolute Gasteiger partial charge is 0.250 e. The second-order valence-corrected chi connectivity index (χ2v) is 10.1. The number of nitrogens with zero attached hydrogens (tertiary/aromatic N) is 1. The third-order valence-corrected chi connectivity index (χ3v) is 6.51. The van der Waals surface area contributed by atoms with Gasteiger partial charge in [-0.15, -0.1) is 0 Å². The van der Waals surface area contributed by atoms with Gasteiger partial charge < -0.3 is 9.47 Å². The van der Waals surface area contributed by atoms with Crippen LogP contribution in [0.1, 0.15) is 32.3 Å². The lowest BCUT2D eigenvalue weighted by molar-refractivity contribution is -0.111. The minimum atomic E-state index is -3.30. The Morgan fingerprint density at radius 3 is 2.66 bits per heavy atom. The first-order valence-corrected chi connectivity index (χ1v) is 13.0. The molecule has 0 aliphatic carbocycles. The van der Waals surface area contributed by atoms with Crippen molar-refractivity contribution in [3.63, 3.8) is 0 Å². The largest absolute Gasteiger partial charge is 0.490 e. The molecule has 3 rings (SSSR count). The second kappa shape index (κ2) is 10.6. The number of anilines is 1. The number of thiazole rings is 1. The number of hydrogen-bond acceptors (Lipinski definition) is 7. The Labute approximate surface area is 192 Å². The first-order chi connectivity index (χ1) is 15.3. The number of unbranched alkanes of at least 4 members (excludes halogenated alkanes) is 1. The summed E-state index contributed by atoms with van der Waals surface area (Å²) in [6.45, 7) is 5.15. The molecule has 0 spiro atoms. The van der Waals surface area contributed by atoms with E-state index in [2.05, 4.69) is 17.2 Å². The Morgan fingerprint density at radius 2 is 1.94 bits per heavy atom. The molecule has 1 N–H and O–H groups in total. The van der Waals surface area contributed by atoms with Crippen molar-refractivity contribution >= 4 is 48.5 Å². The van der Waals surface area contributed by atoms with Gasteiger partial charge in [0.05, 0.1) is 28.3 Å². The SMILES string of the molecule is CCCCOc1ccc(/C=C/C(=O)Nc2nc3ccc(S(C)(=O)=O)cc3s2)cc1OCC. The molecule has 0 saturated carbocycles. The molecule has 3 aromatic rings. The van der Waals surface area contributed by atoms with E-state index in [4.69, 9.17) is 9.47 Å². The minimum absolute atomic E-state index is 0.221. The monoisotopic (exact) mass is 474 g/mol. The fourth-order valence-electron chi connectivity index (χ4n) is 2.85. The Hall–Kier alpha value is -2.91. The molecule has 1 heterocycles. The summed E-state index contributed by atoms with van der Waals surface area (Å²) in [5.74, 6) is 0.984. The predicted octanol–water partition coefficient (Wildman–Crippen LogP) is 4.93. The number of hydrogen-bond donors (Lipinski definition) is 1. The molecule has 0 saturated heterocycles. The molecule has 170 valence electrons. The normalized spacial score (nSPS) is 11.7. The summed E-state index contributed by atoms with van der Waals surface area (Å²) in [7, 11) is -3.30. The van der Waals surface area contributed by atoms with Gasteiger partial charge >= 0.3 is 0 Å². The molecule has 2 aromatic carbocycles. The Bertz CT molecular complexity index is 1230. The van der Waals surface area contributed by atoms with Crippen LogP contribution in [-0.4, -0.2) is 38.8 Å². The average Bonchev–Trinajstić information content (AvgIpc) is 3.14. The minimum Gasteiger partial charge on any atom is -0.490 e. The van der Waals surface area contributed by atoms with E-state index < -0.39 is 9.84 Å². The lowest BCUT2D eigenvalue weighted by atomic mass is 10.2. The molecule has 0 radical (unpaired) electrons. The molecular formula is C23H26N2O5S2. The summed E-state index contributed by atoms with van der Waals surface area (Å²) >= 11 is 1.22. The number of carbonyl (C=O) groups excluding carboxylic acids is 1. The number of benzene rings is 2. The summed E-state index contributed by atoms with van der Waals surface area (Å²) < 4.78 is 35.6. The fourth-order valence-corrected chi connectivity index (χ4v) is 4.48. The standard InChI is InChI=1S/C23H26N2O5S2/c1-4-6-13-30-19-11-7-16(14-20(19)29-5-2)8-12-22(26)25-23-24-18-10-9-17(32(3,27)28)15-21(18)31-23/h7-12,14-15H,4-6,13H2,1-3H3,(H,24,25,26)/b12-8+. The van der Waals surface area contributed by atoms with Gasteiger partial charge in [-0.05, 0) is 55.3 Å². The topological polar surface area (TPSA) is 94.6 Å². The number of rotatable bonds is 10. The van der Waals surface area contributed by atoms with Crippen LogP contribution in [0.5, 0.6) is 11.5 Å². The molecular weight excluding hydrogens is 448 g/mol. The number of nitrogens with one attached hydrogen (secondary N) is 1. The van der Waals surface area contributed by atoms with E-state index in [1.165, 1.54) is 23.5 Å². The lowest BCUT2D eigenvalue weighted by Crippen LogP contribution is -2.07. The highest BCUT2D eigenvalue weighted by Gasteiger charge is 2.12. The Morgan fingerprint density at radius 1 is 1.12 bits per heavy atom. The molecule has 1 amide bonds. The number of ether oxygens (including phenoxy) is 2. The van der Waals surface area contributed by atoms with Gasteiger partial charge in [-0.2, -0.15) is 0 Å². The van der Waals surface area contributed by atoms with Gasteiger partial charge in [0, 0.05) is 12.3 Å². The number of amides is 1. The molecule has 0 atom stereocenters. The van der Waals surface area contributed by atoms with Gasteiger partial charge in [-0.3, -0.25) is 10.1 Å². The van der Waals surface area contributed by atoms with Crippen molar-refractivity contribution in [2.45, 2.75) is 31.6 Å². The van der Waals surface area contributed by atoms with E-state index in [1.807, 2.05) is 25.1 Å². The van der Waals surface area contributed by atoms with Crippen molar-refractivity contribution in [2.24, 2.45) is 0 Å². The first kappa shape index (κ1) is 23.7. The third kappa shape index (κ3) is 6.30. The van der Waals surface area contributed by atoms with E-state index >= 15 is 0 Å². The highest BCUT2D eigenvalue weighted by atomic mass is 32.2. The van der Waals surface area contributed by atoms with Crippen molar-refractivity contribution in [3.8, 4) is 11.5 Å². The van der Waals surface area contributed by atoms with E-state index in [0.717, 1.165) is 24.7 Å². The van der Waals surface area contributed by atoms with Gasteiger partial charge in [0.2, 0.25) is 5.91 Å². The van der Waals surface area contributed by atoms with Crippen molar-refractivity contribution in [1.29, 1.82) is 0 Å². The summed E-state index contributed by atoms with van der Waals surface area (Å²) in [6.07, 6.45) is 6.27. The highest BCUT2D eigenvalue weighted by Crippen LogP contribution is 2.30. The van der Waals surface area contributed by atoms with Gasteiger partial charge in [0.1, 0.15) is 0 Å². The van der Waals surface area contributed by atoms with Crippen LogP contribution in [0.3, 0.4) is 0 Å². The maximum atomic E-state index is 12.4. The third-order valence-electron chi connectivity index (χ3n) is 4.47.